The van der Waals surface area contributed by atoms with E-state index in [4.69, 9.17) is 17.3 Å². The molecule has 0 fully saturated rings. The minimum atomic E-state index is 0.128. The van der Waals surface area contributed by atoms with Crippen molar-refractivity contribution in [2.24, 2.45) is 5.73 Å². The molecule has 1 amide bonds. The Balaban J connectivity index is 2.85. The fraction of sp³-hybridized carbons (Fsp3) is 0.462. The number of hydrogen-bond donors (Lipinski definition) is 1. The van der Waals surface area contributed by atoms with Crippen molar-refractivity contribution in [3.05, 3.63) is 29.3 Å². The summed E-state index contributed by atoms with van der Waals surface area (Å²) in [5, 5.41) is 0.643. The number of amides is 1. The number of carbonyl (C=O) groups excluding carboxylic acids is 1. The molecule has 0 aliphatic rings. The first-order valence-electron chi connectivity index (χ1n) is 5.95. The molecule has 0 aromatic heterocycles. The van der Waals surface area contributed by atoms with Gasteiger partial charge in [0.2, 0.25) is 5.91 Å². The number of benzene rings is 1. The predicted octanol–water partition coefficient (Wildman–Crippen LogP) is 2.82. The highest BCUT2D eigenvalue weighted by Crippen LogP contribution is 2.20. The van der Waals surface area contributed by atoms with E-state index in [-0.39, 0.29) is 5.91 Å². The van der Waals surface area contributed by atoms with Crippen LogP contribution in [0, 0.1) is 0 Å². The zero-order chi connectivity index (χ0) is 12.7. The van der Waals surface area contributed by atoms with Gasteiger partial charge in [-0.05, 0) is 37.6 Å². The van der Waals surface area contributed by atoms with Gasteiger partial charge in [0, 0.05) is 23.7 Å². The topological polar surface area (TPSA) is 46.3 Å². The minimum Gasteiger partial charge on any atom is -0.330 e. The van der Waals surface area contributed by atoms with Crippen LogP contribution in [0.25, 0.3) is 0 Å². The fourth-order valence-electron chi connectivity index (χ4n) is 1.64. The Bertz CT molecular complexity index is 368. The highest BCUT2D eigenvalue weighted by Gasteiger charge is 2.14. The second kappa shape index (κ2) is 7.30. The van der Waals surface area contributed by atoms with Gasteiger partial charge in [0.1, 0.15) is 0 Å². The molecule has 1 aromatic rings. The summed E-state index contributed by atoms with van der Waals surface area (Å²) in [5.74, 6) is 0.128. The third-order valence-corrected chi connectivity index (χ3v) is 2.71. The number of anilines is 1. The molecule has 17 heavy (non-hydrogen) atoms. The molecule has 0 saturated heterocycles. The Labute approximate surface area is 108 Å². The van der Waals surface area contributed by atoms with Gasteiger partial charge in [-0.3, -0.25) is 4.79 Å². The third kappa shape index (κ3) is 4.36. The number of halogens is 1. The second-order valence-electron chi connectivity index (χ2n) is 3.92. The maximum atomic E-state index is 12.0. The highest BCUT2D eigenvalue weighted by molar-refractivity contribution is 6.30. The zero-order valence-corrected chi connectivity index (χ0v) is 10.9. The van der Waals surface area contributed by atoms with Crippen LogP contribution in [-0.4, -0.2) is 19.0 Å². The van der Waals surface area contributed by atoms with Crippen LogP contribution in [0.2, 0.25) is 5.02 Å². The lowest BCUT2D eigenvalue weighted by molar-refractivity contribution is -0.118. The van der Waals surface area contributed by atoms with Crippen molar-refractivity contribution in [2.45, 2.75) is 26.2 Å². The summed E-state index contributed by atoms with van der Waals surface area (Å²) in [6.07, 6.45) is 2.19. The Morgan fingerprint density at radius 3 is 2.82 bits per heavy atom. The van der Waals surface area contributed by atoms with Crippen molar-refractivity contribution < 1.29 is 4.79 Å². The van der Waals surface area contributed by atoms with Crippen molar-refractivity contribution >= 4 is 23.2 Å². The lowest BCUT2D eigenvalue weighted by Gasteiger charge is -2.22. The maximum Gasteiger partial charge on any atom is 0.226 e. The molecule has 2 N–H and O–H groups in total. The SMILES string of the molecule is CCCC(=O)N(CCCN)c1cccc(Cl)c1. The van der Waals surface area contributed by atoms with Crippen LogP contribution in [0.1, 0.15) is 26.2 Å². The molecule has 0 atom stereocenters. The Kier molecular flexibility index (Phi) is 6.01. The van der Waals surface area contributed by atoms with E-state index < -0.39 is 0 Å². The van der Waals surface area contributed by atoms with Crippen LogP contribution < -0.4 is 10.6 Å². The highest BCUT2D eigenvalue weighted by atomic mass is 35.5. The van der Waals surface area contributed by atoms with Crippen molar-refractivity contribution in [1.82, 2.24) is 0 Å². The monoisotopic (exact) mass is 254 g/mol. The van der Waals surface area contributed by atoms with Crippen LogP contribution in [0.3, 0.4) is 0 Å². The first-order chi connectivity index (χ1) is 8.19. The molecule has 1 rings (SSSR count). The standard InChI is InChI=1S/C13H19ClN2O/c1-2-5-13(17)16(9-4-8-15)12-7-3-6-11(14)10-12/h3,6-7,10H,2,4-5,8-9,15H2,1H3. The molecule has 0 heterocycles. The van der Waals surface area contributed by atoms with E-state index >= 15 is 0 Å². The molecule has 0 aliphatic heterocycles. The van der Waals surface area contributed by atoms with E-state index in [2.05, 4.69) is 0 Å². The van der Waals surface area contributed by atoms with Gasteiger partial charge in [0.05, 0.1) is 0 Å². The zero-order valence-electron chi connectivity index (χ0n) is 10.2. The first kappa shape index (κ1) is 14.0. The van der Waals surface area contributed by atoms with Gasteiger partial charge >= 0.3 is 0 Å². The van der Waals surface area contributed by atoms with E-state index in [1.807, 2.05) is 25.1 Å². The summed E-state index contributed by atoms with van der Waals surface area (Å²) in [7, 11) is 0. The summed E-state index contributed by atoms with van der Waals surface area (Å²) in [5.41, 5.74) is 6.35. The third-order valence-electron chi connectivity index (χ3n) is 2.47. The molecule has 3 nitrogen and oxygen atoms in total. The van der Waals surface area contributed by atoms with Gasteiger partial charge in [0.15, 0.2) is 0 Å². The molecule has 0 aliphatic carbocycles. The van der Waals surface area contributed by atoms with E-state index in [1.165, 1.54) is 0 Å². The van der Waals surface area contributed by atoms with Gasteiger partial charge in [-0.15, -0.1) is 0 Å². The Hall–Kier alpha value is -1.06. The lowest BCUT2D eigenvalue weighted by Crippen LogP contribution is -2.32. The molecular weight excluding hydrogens is 236 g/mol. The van der Waals surface area contributed by atoms with Gasteiger partial charge in [0.25, 0.3) is 0 Å². The molecule has 1 aromatic carbocycles. The maximum absolute atomic E-state index is 12.0. The van der Waals surface area contributed by atoms with Crippen molar-refractivity contribution in [2.75, 3.05) is 18.0 Å². The number of nitrogens with zero attached hydrogens (tertiary/aromatic N) is 1. The Morgan fingerprint density at radius 1 is 1.47 bits per heavy atom. The molecule has 0 saturated carbocycles. The average Bonchev–Trinajstić information content (AvgIpc) is 2.30. The van der Waals surface area contributed by atoms with Gasteiger partial charge < -0.3 is 10.6 Å². The second-order valence-corrected chi connectivity index (χ2v) is 4.35. The fourth-order valence-corrected chi connectivity index (χ4v) is 1.82. The quantitative estimate of drug-likeness (QED) is 0.849. The van der Waals surface area contributed by atoms with E-state index in [9.17, 15) is 4.79 Å². The predicted molar refractivity (Wildman–Crippen MR) is 72.4 cm³/mol. The van der Waals surface area contributed by atoms with Crippen molar-refractivity contribution in [3.8, 4) is 0 Å². The van der Waals surface area contributed by atoms with Gasteiger partial charge in [-0.1, -0.05) is 24.6 Å². The number of rotatable bonds is 6. The molecule has 0 unspecified atom stereocenters. The number of nitrogens with two attached hydrogens (primary N) is 1. The smallest absolute Gasteiger partial charge is 0.226 e. The van der Waals surface area contributed by atoms with Crippen molar-refractivity contribution in [3.63, 3.8) is 0 Å². The van der Waals surface area contributed by atoms with Gasteiger partial charge in [-0.2, -0.15) is 0 Å². The Morgan fingerprint density at radius 2 is 2.24 bits per heavy atom. The summed E-state index contributed by atoms with van der Waals surface area (Å²) >= 11 is 5.94. The van der Waals surface area contributed by atoms with Crippen LogP contribution in [0.4, 0.5) is 5.69 Å². The average molecular weight is 255 g/mol. The largest absolute Gasteiger partial charge is 0.330 e. The molecule has 0 spiro atoms. The summed E-state index contributed by atoms with van der Waals surface area (Å²) in [6, 6.07) is 7.37. The van der Waals surface area contributed by atoms with Crippen LogP contribution >= 0.6 is 11.6 Å². The van der Waals surface area contributed by atoms with Crippen LogP contribution in [0.15, 0.2) is 24.3 Å². The lowest BCUT2D eigenvalue weighted by atomic mass is 10.2. The first-order valence-corrected chi connectivity index (χ1v) is 6.32. The van der Waals surface area contributed by atoms with E-state index in [0.717, 1.165) is 18.5 Å². The van der Waals surface area contributed by atoms with Crippen LogP contribution in [0.5, 0.6) is 0 Å². The number of carbonyl (C=O) groups is 1. The molecule has 4 heteroatoms. The normalized spacial score (nSPS) is 10.3. The summed E-state index contributed by atoms with van der Waals surface area (Å²) < 4.78 is 0. The van der Waals surface area contributed by atoms with Crippen molar-refractivity contribution in [1.29, 1.82) is 0 Å². The summed E-state index contributed by atoms with van der Waals surface area (Å²) in [4.78, 5) is 13.8. The summed E-state index contributed by atoms with van der Waals surface area (Å²) in [6.45, 7) is 3.23. The minimum absolute atomic E-state index is 0.128. The van der Waals surface area contributed by atoms with Crippen LogP contribution in [-0.2, 0) is 4.79 Å². The molecule has 94 valence electrons. The van der Waals surface area contributed by atoms with Gasteiger partial charge in [-0.25, -0.2) is 0 Å². The molecular formula is C13H19ClN2O. The molecule has 0 radical (unpaired) electrons. The number of hydrogen-bond acceptors (Lipinski definition) is 2. The van der Waals surface area contributed by atoms with E-state index in [0.29, 0.717) is 24.5 Å². The molecule has 0 bridgehead atoms. The van der Waals surface area contributed by atoms with E-state index in [1.54, 1.807) is 11.0 Å².